The first-order valence-electron chi connectivity index (χ1n) is 9.55. The van der Waals surface area contributed by atoms with Crippen molar-refractivity contribution in [2.24, 2.45) is 7.05 Å². The number of aryl methyl sites for hydroxylation is 1. The molecule has 0 aliphatic heterocycles. The summed E-state index contributed by atoms with van der Waals surface area (Å²) in [5.74, 6) is 0. The molecule has 0 saturated carbocycles. The molecule has 0 bridgehead atoms. The summed E-state index contributed by atoms with van der Waals surface area (Å²) in [6.45, 7) is 0. The quantitative estimate of drug-likeness (QED) is 0.398. The van der Waals surface area contributed by atoms with Gasteiger partial charge in [-0.05, 0) is 39.2 Å². The highest BCUT2D eigenvalue weighted by atomic mass is 79.9. The zero-order valence-corrected chi connectivity index (χ0v) is 17.8. The van der Waals surface area contributed by atoms with Gasteiger partial charge in [0.15, 0.2) is 6.10 Å². The number of hydrogen-bond donors (Lipinski definition) is 1. The van der Waals surface area contributed by atoms with E-state index < -0.39 is 12.2 Å². The number of halogens is 1. The van der Waals surface area contributed by atoms with Crippen molar-refractivity contribution in [1.82, 2.24) is 9.78 Å². The minimum atomic E-state index is -0.493. The van der Waals surface area contributed by atoms with Gasteiger partial charge in [0, 0.05) is 29.4 Å². The van der Waals surface area contributed by atoms with E-state index in [1.54, 1.807) is 10.9 Å². The third-order valence-electron chi connectivity index (χ3n) is 5.28. The summed E-state index contributed by atoms with van der Waals surface area (Å²) in [6, 6.07) is 23.7. The summed E-state index contributed by atoms with van der Waals surface area (Å²) in [4.78, 5) is 12.8. The number of aromatic nitrogens is 2. The molecule has 1 aliphatic rings. The van der Waals surface area contributed by atoms with Crippen LogP contribution in [0.3, 0.4) is 0 Å². The maximum atomic E-state index is 12.8. The molecule has 0 atom stereocenters. The van der Waals surface area contributed by atoms with Gasteiger partial charge in [-0.3, -0.25) is 10.00 Å². The lowest BCUT2D eigenvalue weighted by Crippen LogP contribution is -2.17. The molecule has 0 unspecified atom stereocenters. The van der Waals surface area contributed by atoms with Crippen LogP contribution in [-0.4, -0.2) is 15.9 Å². The molecule has 6 heteroatoms. The SMILES string of the molecule is Cn1ncc(Br)c1-c1cccc(NC(=O)OC2c3ccccc3-c3ccccc32)c1. The number of carbonyl (C=O) groups is 1. The number of benzene rings is 3. The van der Waals surface area contributed by atoms with E-state index in [4.69, 9.17) is 4.74 Å². The van der Waals surface area contributed by atoms with Gasteiger partial charge in [-0.1, -0.05) is 60.7 Å². The van der Waals surface area contributed by atoms with Gasteiger partial charge in [0.2, 0.25) is 0 Å². The highest BCUT2D eigenvalue weighted by Gasteiger charge is 2.31. The molecule has 1 heterocycles. The average molecular weight is 460 g/mol. The number of nitrogens with zero attached hydrogens (tertiary/aromatic N) is 2. The Morgan fingerprint density at radius 2 is 1.67 bits per heavy atom. The molecule has 0 spiro atoms. The Bertz CT molecular complexity index is 1200. The van der Waals surface area contributed by atoms with E-state index in [1.807, 2.05) is 67.7 Å². The molecule has 3 aromatic carbocycles. The fourth-order valence-corrected chi connectivity index (χ4v) is 4.55. The Hall–Kier alpha value is -3.38. The minimum Gasteiger partial charge on any atom is -0.436 e. The van der Waals surface area contributed by atoms with Crippen molar-refractivity contribution in [3.63, 3.8) is 0 Å². The second kappa shape index (κ2) is 7.46. The molecule has 5 nitrogen and oxygen atoms in total. The minimum absolute atomic E-state index is 0.424. The lowest BCUT2D eigenvalue weighted by atomic mass is 10.1. The Morgan fingerprint density at radius 1 is 1.00 bits per heavy atom. The molecule has 0 fully saturated rings. The summed E-state index contributed by atoms with van der Waals surface area (Å²) in [5.41, 5.74) is 6.75. The van der Waals surface area contributed by atoms with Crippen LogP contribution >= 0.6 is 15.9 Å². The van der Waals surface area contributed by atoms with Crippen molar-refractivity contribution in [3.8, 4) is 22.4 Å². The first-order chi connectivity index (χ1) is 14.6. The molecule has 1 aromatic heterocycles. The molecule has 5 rings (SSSR count). The second-order valence-electron chi connectivity index (χ2n) is 7.13. The molecule has 1 N–H and O–H groups in total. The maximum Gasteiger partial charge on any atom is 0.412 e. The molecule has 1 amide bonds. The van der Waals surface area contributed by atoms with Crippen LogP contribution in [0, 0.1) is 0 Å². The second-order valence-corrected chi connectivity index (χ2v) is 7.98. The first-order valence-corrected chi connectivity index (χ1v) is 10.3. The van der Waals surface area contributed by atoms with Gasteiger partial charge >= 0.3 is 6.09 Å². The third-order valence-corrected chi connectivity index (χ3v) is 5.86. The first kappa shape index (κ1) is 18.6. The number of ether oxygens (including phenoxy) is 1. The van der Waals surface area contributed by atoms with Crippen molar-refractivity contribution >= 4 is 27.7 Å². The van der Waals surface area contributed by atoms with Crippen LogP contribution < -0.4 is 5.32 Å². The normalized spacial score (nSPS) is 12.3. The highest BCUT2D eigenvalue weighted by Crippen LogP contribution is 2.45. The number of hydrogen-bond acceptors (Lipinski definition) is 3. The van der Waals surface area contributed by atoms with Gasteiger partial charge in [0.1, 0.15) is 0 Å². The number of fused-ring (bicyclic) bond motifs is 3. The lowest BCUT2D eigenvalue weighted by molar-refractivity contribution is 0.133. The van der Waals surface area contributed by atoms with Crippen molar-refractivity contribution in [2.75, 3.05) is 5.32 Å². The lowest BCUT2D eigenvalue weighted by Gasteiger charge is -2.16. The molecule has 30 heavy (non-hydrogen) atoms. The molecule has 0 saturated heterocycles. The molecule has 148 valence electrons. The summed E-state index contributed by atoms with van der Waals surface area (Å²) >= 11 is 3.52. The largest absolute Gasteiger partial charge is 0.436 e. The van der Waals surface area contributed by atoms with Gasteiger partial charge in [-0.15, -0.1) is 0 Å². The predicted octanol–water partition coefficient (Wildman–Crippen LogP) is 6.17. The van der Waals surface area contributed by atoms with Crippen LogP contribution in [0.25, 0.3) is 22.4 Å². The molecular formula is C24H18BrN3O2. The Balaban J connectivity index is 1.39. The molecule has 4 aromatic rings. The molecule has 1 aliphatic carbocycles. The fourth-order valence-electron chi connectivity index (χ4n) is 3.97. The summed E-state index contributed by atoms with van der Waals surface area (Å²) in [6.07, 6.45) is 0.832. The topological polar surface area (TPSA) is 56.2 Å². The van der Waals surface area contributed by atoms with Crippen LogP contribution in [0.15, 0.2) is 83.5 Å². The number of amides is 1. The highest BCUT2D eigenvalue weighted by molar-refractivity contribution is 9.10. The predicted molar refractivity (Wildman–Crippen MR) is 120 cm³/mol. The number of rotatable bonds is 3. The van der Waals surface area contributed by atoms with Gasteiger partial charge in [-0.2, -0.15) is 5.10 Å². The summed E-state index contributed by atoms with van der Waals surface area (Å²) < 4.78 is 8.55. The van der Waals surface area contributed by atoms with Gasteiger partial charge < -0.3 is 4.74 Å². The van der Waals surface area contributed by atoms with Crippen LogP contribution in [0.2, 0.25) is 0 Å². The Labute approximate surface area is 182 Å². The Morgan fingerprint density at radius 3 is 2.30 bits per heavy atom. The van der Waals surface area contributed by atoms with E-state index in [0.717, 1.165) is 38.0 Å². The van der Waals surface area contributed by atoms with Crippen molar-refractivity contribution in [3.05, 3.63) is 94.6 Å². The van der Waals surface area contributed by atoms with Gasteiger partial charge in [-0.25, -0.2) is 4.79 Å². The van der Waals surface area contributed by atoms with Crippen molar-refractivity contribution in [1.29, 1.82) is 0 Å². The number of nitrogens with one attached hydrogen (secondary N) is 1. The smallest absolute Gasteiger partial charge is 0.412 e. The summed E-state index contributed by atoms with van der Waals surface area (Å²) in [7, 11) is 1.88. The van der Waals surface area contributed by atoms with Gasteiger partial charge in [0.05, 0.1) is 16.4 Å². The zero-order valence-electron chi connectivity index (χ0n) is 16.2. The number of anilines is 1. The van der Waals surface area contributed by atoms with E-state index in [-0.39, 0.29) is 0 Å². The Kier molecular flexibility index (Phi) is 4.64. The van der Waals surface area contributed by atoms with Crippen LogP contribution in [0.5, 0.6) is 0 Å². The average Bonchev–Trinajstić information content (AvgIpc) is 3.25. The van der Waals surface area contributed by atoms with Crippen molar-refractivity contribution < 1.29 is 9.53 Å². The summed E-state index contributed by atoms with van der Waals surface area (Å²) in [5, 5.41) is 7.12. The van der Waals surface area contributed by atoms with Crippen molar-refractivity contribution in [2.45, 2.75) is 6.10 Å². The van der Waals surface area contributed by atoms with E-state index in [9.17, 15) is 4.79 Å². The molecular weight excluding hydrogens is 442 g/mol. The fraction of sp³-hybridized carbons (Fsp3) is 0.0833. The third kappa shape index (κ3) is 3.19. The number of carbonyl (C=O) groups excluding carboxylic acids is 1. The standard InChI is InChI=1S/C24H18BrN3O2/c1-28-22(21(25)14-26-28)15-7-6-8-16(13-15)27-24(29)30-23-19-11-4-2-9-17(19)18-10-3-5-12-20(18)23/h2-14,23H,1H3,(H,27,29). The van der Waals surface area contributed by atoms with Crippen LogP contribution in [0.1, 0.15) is 17.2 Å². The van der Waals surface area contributed by atoms with E-state index >= 15 is 0 Å². The van der Waals surface area contributed by atoms with E-state index in [2.05, 4.69) is 38.5 Å². The van der Waals surface area contributed by atoms with Crippen LogP contribution in [-0.2, 0) is 11.8 Å². The van der Waals surface area contributed by atoms with Gasteiger partial charge in [0.25, 0.3) is 0 Å². The zero-order chi connectivity index (χ0) is 20.7. The van der Waals surface area contributed by atoms with E-state index in [0.29, 0.717) is 5.69 Å². The van der Waals surface area contributed by atoms with Crippen LogP contribution in [0.4, 0.5) is 10.5 Å². The molecule has 0 radical (unpaired) electrons. The van der Waals surface area contributed by atoms with E-state index in [1.165, 1.54) is 0 Å². The maximum absolute atomic E-state index is 12.8. The monoisotopic (exact) mass is 459 g/mol.